The van der Waals surface area contributed by atoms with Gasteiger partial charge >= 0.3 is 5.97 Å². The second kappa shape index (κ2) is 10.0. The van der Waals surface area contributed by atoms with Crippen molar-refractivity contribution in [2.45, 2.75) is 19.3 Å². The molecule has 0 heterocycles. The molecule has 1 aromatic rings. The Morgan fingerprint density at radius 2 is 2.04 bits per heavy atom. The molecule has 0 radical (unpaired) electrons. The molecule has 0 unspecified atom stereocenters. The van der Waals surface area contributed by atoms with E-state index in [1.807, 2.05) is 0 Å². The van der Waals surface area contributed by atoms with Crippen molar-refractivity contribution in [3.05, 3.63) is 29.8 Å². The SMILES string of the molecule is COCCCS(=O)(=O)NCC(=O)Nc1cccc(CCC(=O)O)c1. The molecule has 0 aromatic heterocycles. The maximum absolute atomic E-state index is 11.8. The molecule has 9 heteroatoms. The zero-order valence-electron chi connectivity index (χ0n) is 13.4. The Hall–Kier alpha value is -1.97. The average Bonchev–Trinajstić information content (AvgIpc) is 2.52. The van der Waals surface area contributed by atoms with Crippen LogP contribution < -0.4 is 10.0 Å². The number of carbonyl (C=O) groups excluding carboxylic acids is 1. The normalized spacial score (nSPS) is 11.2. The highest BCUT2D eigenvalue weighted by Gasteiger charge is 2.12. The predicted molar refractivity (Wildman–Crippen MR) is 89.3 cm³/mol. The predicted octanol–water partition coefficient (Wildman–Crippen LogP) is 0.598. The lowest BCUT2D eigenvalue weighted by Crippen LogP contribution is -2.34. The fraction of sp³-hybridized carbons (Fsp3) is 0.467. The lowest BCUT2D eigenvalue weighted by atomic mass is 10.1. The quantitative estimate of drug-likeness (QED) is 0.498. The van der Waals surface area contributed by atoms with Gasteiger partial charge in [-0.25, -0.2) is 13.1 Å². The molecule has 1 aromatic carbocycles. The number of amides is 1. The molecule has 1 rings (SSSR count). The van der Waals surface area contributed by atoms with Crippen LogP contribution in [-0.4, -0.2) is 51.4 Å². The van der Waals surface area contributed by atoms with Crippen LogP contribution in [0.2, 0.25) is 0 Å². The van der Waals surface area contributed by atoms with E-state index in [-0.39, 0.29) is 18.7 Å². The van der Waals surface area contributed by atoms with Gasteiger partial charge < -0.3 is 15.2 Å². The van der Waals surface area contributed by atoms with Crippen LogP contribution in [0.1, 0.15) is 18.4 Å². The highest BCUT2D eigenvalue weighted by Crippen LogP contribution is 2.12. The van der Waals surface area contributed by atoms with Crippen LogP contribution in [-0.2, 0) is 30.8 Å². The van der Waals surface area contributed by atoms with Crippen LogP contribution >= 0.6 is 0 Å². The first-order valence-electron chi connectivity index (χ1n) is 7.39. The van der Waals surface area contributed by atoms with Crippen molar-refractivity contribution in [2.24, 2.45) is 0 Å². The van der Waals surface area contributed by atoms with Crippen LogP contribution in [0.3, 0.4) is 0 Å². The van der Waals surface area contributed by atoms with Gasteiger partial charge in [-0.05, 0) is 30.5 Å². The molecule has 0 fully saturated rings. The number of nitrogens with one attached hydrogen (secondary N) is 2. The summed E-state index contributed by atoms with van der Waals surface area (Å²) in [5, 5.41) is 11.2. The van der Waals surface area contributed by atoms with Gasteiger partial charge in [0, 0.05) is 25.8 Å². The molecule has 24 heavy (non-hydrogen) atoms. The molecule has 0 spiro atoms. The van der Waals surface area contributed by atoms with Crippen molar-refractivity contribution in [1.82, 2.24) is 4.72 Å². The number of sulfonamides is 1. The van der Waals surface area contributed by atoms with E-state index in [1.165, 1.54) is 7.11 Å². The van der Waals surface area contributed by atoms with Crippen LogP contribution in [0.15, 0.2) is 24.3 Å². The maximum Gasteiger partial charge on any atom is 0.303 e. The number of hydrogen-bond acceptors (Lipinski definition) is 5. The van der Waals surface area contributed by atoms with Crippen LogP contribution in [0.4, 0.5) is 5.69 Å². The monoisotopic (exact) mass is 358 g/mol. The lowest BCUT2D eigenvalue weighted by molar-refractivity contribution is -0.137. The fourth-order valence-corrected chi connectivity index (χ4v) is 2.90. The van der Waals surface area contributed by atoms with Crippen molar-refractivity contribution in [2.75, 3.05) is 31.3 Å². The molecule has 0 aliphatic heterocycles. The van der Waals surface area contributed by atoms with Gasteiger partial charge in [0.1, 0.15) is 0 Å². The molecule has 0 aliphatic rings. The van der Waals surface area contributed by atoms with E-state index in [1.54, 1.807) is 24.3 Å². The minimum absolute atomic E-state index is 0.00132. The molecular weight excluding hydrogens is 336 g/mol. The molecule has 3 N–H and O–H groups in total. The molecule has 0 saturated carbocycles. The van der Waals surface area contributed by atoms with Gasteiger partial charge in [-0.3, -0.25) is 9.59 Å². The van der Waals surface area contributed by atoms with E-state index < -0.39 is 21.9 Å². The summed E-state index contributed by atoms with van der Waals surface area (Å²) in [6.07, 6.45) is 0.697. The fourth-order valence-electron chi connectivity index (χ4n) is 1.90. The Morgan fingerprint density at radius 1 is 1.29 bits per heavy atom. The summed E-state index contributed by atoms with van der Waals surface area (Å²) in [6.45, 7) is -0.0368. The largest absolute Gasteiger partial charge is 0.481 e. The van der Waals surface area contributed by atoms with E-state index in [0.29, 0.717) is 25.1 Å². The van der Waals surface area contributed by atoms with Crippen LogP contribution in [0.25, 0.3) is 0 Å². The van der Waals surface area contributed by atoms with Crippen LogP contribution in [0.5, 0.6) is 0 Å². The first kappa shape index (κ1) is 20.1. The van der Waals surface area contributed by atoms with Crippen LogP contribution in [0, 0.1) is 0 Å². The van der Waals surface area contributed by atoms with E-state index in [2.05, 4.69) is 10.0 Å². The van der Waals surface area contributed by atoms with Gasteiger partial charge in [0.05, 0.1) is 12.3 Å². The Labute approximate surface area is 141 Å². The molecule has 134 valence electrons. The number of aryl methyl sites for hydroxylation is 1. The molecular formula is C15H22N2O6S. The smallest absolute Gasteiger partial charge is 0.303 e. The van der Waals surface area contributed by atoms with Gasteiger partial charge in [-0.15, -0.1) is 0 Å². The van der Waals surface area contributed by atoms with Gasteiger partial charge in [0.15, 0.2) is 0 Å². The summed E-state index contributed by atoms with van der Waals surface area (Å²) in [5.74, 6) is -1.51. The standard InChI is InChI=1S/C15H22N2O6S/c1-23-8-3-9-24(21,22)16-11-14(18)17-13-5-2-4-12(10-13)6-7-15(19)20/h2,4-5,10,16H,3,6-9,11H2,1H3,(H,17,18)(H,19,20). The third-order valence-electron chi connectivity index (χ3n) is 3.05. The number of carboxylic acids is 1. The Bertz CT molecular complexity index is 660. The van der Waals surface area contributed by atoms with Crippen molar-refractivity contribution < 1.29 is 27.9 Å². The highest BCUT2D eigenvalue weighted by atomic mass is 32.2. The number of aliphatic carboxylic acids is 1. The molecule has 0 atom stereocenters. The Kier molecular flexibility index (Phi) is 8.37. The number of hydrogen-bond donors (Lipinski definition) is 3. The maximum atomic E-state index is 11.8. The Morgan fingerprint density at radius 3 is 2.71 bits per heavy atom. The highest BCUT2D eigenvalue weighted by molar-refractivity contribution is 7.89. The zero-order chi connectivity index (χ0) is 18.0. The van der Waals surface area contributed by atoms with E-state index in [9.17, 15) is 18.0 Å². The van der Waals surface area contributed by atoms with Crippen molar-refractivity contribution >= 4 is 27.6 Å². The van der Waals surface area contributed by atoms with Gasteiger partial charge in [-0.1, -0.05) is 12.1 Å². The number of carbonyl (C=O) groups is 2. The zero-order valence-corrected chi connectivity index (χ0v) is 14.3. The summed E-state index contributed by atoms with van der Waals surface area (Å²) >= 11 is 0. The summed E-state index contributed by atoms with van der Waals surface area (Å²) in [6, 6.07) is 6.77. The third kappa shape index (κ3) is 8.61. The Balaban J connectivity index is 2.47. The molecule has 8 nitrogen and oxygen atoms in total. The number of anilines is 1. The average molecular weight is 358 g/mol. The first-order chi connectivity index (χ1) is 11.3. The number of methoxy groups -OCH3 is 1. The molecule has 0 saturated heterocycles. The third-order valence-corrected chi connectivity index (χ3v) is 4.46. The second-order valence-electron chi connectivity index (χ2n) is 5.13. The van der Waals surface area contributed by atoms with Gasteiger partial charge in [-0.2, -0.15) is 0 Å². The van der Waals surface area contributed by atoms with Crippen molar-refractivity contribution in [1.29, 1.82) is 0 Å². The molecule has 0 aliphatic carbocycles. The van der Waals surface area contributed by atoms with E-state index >= 15 is 0 Å². The van der Waals surface area contributed by atoms with Crippen molar-refractivity contribution in [3.8, 4) is 0 Å². The minimum Gasteiger partial charge on any atom is -0.481 e. The van der Waals surface area contributed by atoms with E-state index in [0.717, 1.165) is 5.56 Å². The summed E-state index contributed by atoms with van der Waals surface area (Å²) in [5.41, 5.74) is 1.26. The number of rotatable bonds is 11. The minimum atomic E-state index is -3.52. The summed E-state index contributed by atoms with van der Waals surface area (Å²) in [7, 11) is -2.04. The number of ether oxygens (including phenoxy) is 1. The number of benzene rings is 1. The van der Waals surface area contributed by atoms with Gasteiger partial charge in [0.25, 0.3) is 0 Å². The molecule has 1 amide bonds. The van der Waals surface area contributed by atoms with E-state index in [4.69, 9.17) is 9.84 Å². The summed E-state index contributed by atoms with van der Waals surface area (Å²) < 4.78 is 30.3. The number of carboxylic acid groups (broad SMARTS) is 1. The van der Waals surface area contributed by atoms with Crippen molar-refractivity contribution in [3.63, 3.8) is 0 Å². The topological polar surface area (TPSA) is 122 Å². The van der Waals surface area contributed by atoms with Gasteiger partial charge in [0.2, 0.25) is 15.9 Å². The second-order valence-corrected chi connectivity index (χ2v) is 7.06. The first-order valence-corrected chi connectivity index (χ1v) is 9.04. The molecule has 0 bridgehead atoms. The summed E-state index contributed by atoms with van der Waals surface area (Å²) in [4.78, 5) is 22.4. The lowest BCUT2D eigenvalue weighted by Gasteiger charge is -2.09.